The normalized spacial score (nSPS) is 14.9. The van der Waals surface area contributed by atoms with Crippen molar-refractivity contribution in [1.29, 1.82) is 0 Å². The monoisotopic (exact) mass is 364 g/mol. The van der Waals surface area contributed by atoms with Gasteiger partial charge in [0.15, 0.2) is 5.69 Å². The summed E-state index contributed by atoms with van der Waals surface area (Å²) in [6.07, 6.45) is -0.846. The van der Waals surface area contributed by atoms with Crippen LogP contribution in [0.25, 0.3) is 5.57 Å². The van der Waals surface area contributed by atoms with Crippen molar-refractivity contribution < 1.29 is 18.0 Å². The van der Waals surface area contributed by atoms with Gasteiger partial charge in [-0.1, -0.05) is 36.4 Å². The SMILES string of the molecule is CCn1ncc(NC(=O)N2CCC=C(c3ccccc3)C2)c1C(F)(F)F. The fraction of sp³-hybridized carbons (Fsp3) is 0.333. The van der Waals surface area contributed by atoms with E-state index in [0.717, 1.165) is 22.0 Å². The minimum Gasteiger partial charge on any atom is -0.320 e. The number of urea groups is 1. The molecule has 0 atom stereocenters. The van der Waals surface area contributed by atoms with E-state index in [2.05, 4.69) is 16.5 Å². The summed E-state index contributed by atoms with van der Waals surface area (Å²) in [5, 5.41) is 6.08. The Bertz CT molecular complexity index is 812. The standard InChI is InChI=1S/C18H19F3N4O/c1-2-25-16(18(19,20)21)15(11-22-25)23-17(26)24-10-6-9-14(12-24)13-7-4-3-5-8-13/h3-5,7-9,11H,2,6,10,12H2,1H3,(H,23,26). The van der Waals surface area contributed by atoms with E-state index in [0.29, 0.717) is 19.5 Å². The second-order valence-corrected chi connectivity index (χ2v) is 5.96. The Morgan fingerprint density at radius 1 is 1.27 bits per heavy atom. The van der Waals surface area contributed by atoms with Crippen LogP contribution in [-0.2, 0) is 12.7 Å². The predicted molar refractivity (Wildman–Crippen MR) is 92.5 cm³/mol. The van der Waals surface area contributed by atoms with Gasteiger partial charge in [-0.05, 0) is 24.5 Å². The molecule has 3 rings (SSSR count). The highest BCUT2D eigenvalue weighted by Gasteiger charge is 2.38. The van der Waals surface area contributed by atoms with Crippen molar-refractivity contribution in [3.8, 4) is 0 Å². The topological polar surface area (TPSA) is 50.2 Å². The number of amides is 2. The zero-order chi connectivity index (χ0) is 18.7. The maximum Gasteiger partial charge on any atom is 0.435 e. The average Bonchev–Trinajstić information content (AvgIpc) is 3.05. The summed E-state index contributed by atoms with van der Waals surface area (Å²) in [6, 6.07) is 9.04. The molecule has 0 saturated heterocycles. The van der Waals surface area contributed by atoms with Crippen LogP contribution in [0.5, 0.6) is 0 Å². The fourth-order valence-electron chi connectivity index (χ4n) is 2.99. The van der Waals surface area contributed by atoms with E-state index in [4.69, 9.17) is 0 Å². The number of aryl methyl sites for hydroxylation is 1. The number of aromatic nitrogens is 2. The van der Waals surface area contributed by atoms with E-state index >= 15 is 0 Å². The van der Waals surface area contributed by atoms with Crippen LogP contribution in [0.1, 0.15) is 24.6 Å². The lowest BCUT2D eigenvalue weighted by Gasteiger charge is -2.28. The fourth-order valence-corrected chi connectivity index (χ4v) is 2.99. The molecule has 1 aliphatic heterocycles. The van der Waals surface area contributed by atoms with Gasteiger partial charge in [-0.3, -0.25) is 4.68 Å². The molecule has 0 spiro atoms. The van der Waals surface area contributed by atoms with Gasteiger partial charge in [0.05, 0.1) is 11.9 Å². The van der Waals surface area contributed by atoms with Crippen molar-refractivity contribution in [3.63, 3.8) is 0 Å². The Kier molecular flexibility index (Phi) is 5.01. The predicted octanol–water partition coefficient (Wildman–Crippen LogP) is 4.24. The van der Waals surface area contributed by atoms with Gasteiger partial charge in [-0.25, -0.2) is 4.79 Å². The number of carbonyl (C=O) groups excluding carboxylic acids is 1. The number of hydrogen-bond donors (Lipinski definition) is 1. The smallest absolute Gasteiger partial charge is 0.320 e. The molecule has 0 bridgehead atoms. The highest BCUT2D eigenvalue weighted by atomic mass is 19.4. The minimum absolute atomic E-state index is 0.0648. The van der Waals surface area contributed by atoms with Gasteiger partial charge in [-0.2, -0.15) is 18.3 Å². The molecule has 0 radical (unpaired) electrons. The van der Waals surface area contributed by atoms with Crippen LogP contribution >= 0.6 is 0 Å². The zero-order valence-electron chi connectivity index (χ0n) is 14.3. The van der Waals surface area contributed by atoms with Crippen molar-refractivity contribution in [2.75, 3.05) is 18.4 Å². The van der Waals surface area contributed by atoms with Gasteiger partial charge in [0.25, 0.3) is 0 Å². The van der Waals surface area contributed by atoms with Crippen molar-refractivity contribution in [3.05, 3.63) is 53.9 Å². The summed E-state index contributed by atoms with van der Waals surface area (Å²) >= 11 is 0. The van der Waals surface area contributed by atoms with Crippen LogP contribution < -0.4 is 5.32 Å². The van der Waals surface area contributed by atoms with Crippen molar-refractivity contribution in [2.45, 2.75) is 26.1 Å². The minimum atomic E-state index is -4.59. The lowest BCUT2D eigenvalue weighted by atomic mass is 10.0. The number of benzene rings is 1. The van der Waals surface area contributed by atoms with Crippen LogP contribution in [0, 0.1) is 0 Å². The quantitative estimate of drug-likeness (QED) is 0.886. The van der Waals surface area contributed by atoms with Crippen LogP contribution in [-0.4, -0.2) is 33.8 Å². The third-order valence-electron chi connectivity index (χ3n) is 4.23. The molecule has 2 amide bonds. The first-order valence-electron chi connectivity index (χ1n) is 8.33. The second kappa shape index (κ2) is 7.23. The van der Waals surface area contributed by atoms with Crippen LogP contribution in [0.3, 0.4) is 0 Å². The zero-order valence-corrected chi connectivity index (χ0v) is 14.3. The number of rotatable bonds is 3. The summed E-state index contributed by atoms with van der Waals surface area (Å²) in [4.78, 5) is 14.0. The second-order valence-electron chi connectivity index (χ2n) is 5.96. The van der Waals surface area contributed by atoms with E-state index in [1.54, 1.807) is 6.92 Å². The molecule has 2 heterocycles. The van der Waals surface area contributed by atoms with Gasteiger partial charge in [0.2, 0.25) is 0 Å². The van der Waals surface area contributed by atoms with E-state index < -0.39 is 17.9 Å². The van der Waals surface area contributed by atoms with Crippen LogP contribution in [0.2, 0.25) is 0 Å². The molecule has 0 fully saturated rings. The first-order chi connectivity index (χ1) is 12.4. The molecule has 0 saturated carbocycles. The molecule has 1 aromatic heterocycles. The van der Waals surface area contributed by atoms with Crippen LogP contribution in [0.4, 0.5) is 23.7 Å². The molecule has 2 aromatic rings. The lowest BCUT2D eigenvalue weighted by Crippen LogP contribution is -2.38. The number of carbonyl (C=O) groups is 1. The van der Waals surface area contributed by atoms with E-state index in [1.165, 1.54) is 4.90 Å². The number of anilines is 1. The molecule has 8 heteroatoms. The first-order valence-corrected chi connectivity index (χ1v) is 8.33. The molecule has 5 nitrogen and oxygen atoms in total. The molecule has 0 unspecified atom stereocenters. The van der Waals surface area contributed by atoms with Gasteiger partial charge in [0, 0.05) is 19.6 Å². The summed E-state index contributed by atoms with van der Waals surface area (Å²) in [5.74, 6) is 0. The Labute approximate surface area is 149 Å². The molecule has 1 aromatic carbocycles. The van der Waals surface area contributed by atoms with E-state index in [9.17, 15) is 18.0 Å². The number of halogens is 3. The molecule has 1 N–H and O–H groups in total. The van der Waals surface area contributed by atoms with E-state index in [-0.39, 0.29) is 12.2 Å². The largest absolute Gasteiger partial charge is 0.435 e. The third-order valence-corrected chi connectivity index (χ3v) is 4.23. The van der Waals surface area contributed by atoms with Crippen LogP contribution in [0.15, 0.2) is 42.6 Å². The Hall–Kier alpha value is -2.77. The van der Waals surface area contributed by atoms with Gasteiger partial charge < -0.3 is 10.2 Å². The first kappa shape index (κ1) is 18.0. The van der Waals surface area contributed by atoms with Gasteiger partial charge in [-0.15, -0.1) is 0 Å². The van der Waals surface area contributed by atoms with Gasteiger partial charge in [0.1, 0.15) is 0 Å². The van der Waals surface area contributed by atoms with Crippen molar-refractivity contribution in [1.82, 2.24) is 14.7 Å². The molecule has 26 heavy (non-hydrogen) atoms. The average molecular weight is 364 g/mol. The third kappa shape index (κ3) is 3.74. The number of alkyl halides is 3. The maximum absolute atomic E-state index is 13.3. The molecule has 1 aliphatic rings. The van der Waals surface area contributed by atoms with Gasteiger partial charge >= 0.3 is 12.2 Å². The van der Waals surface area contributed by atoms with Crippen molar-refractivity contribution in [2.24, 2.45) is 0 Å². The molecule has 0 aliphatic carbocycles. The number of nitrogens with one attached hydrogen (secondary N) is 1. The Morgan fingerprint density at radius 2 is 2.00 bits per heavy atom. The number of hydrogen-bond acceptors (Lipinski definition) is 2. The summed E-state index contributed by atoms with van der Waals surface area (Å²) in [5.41, 5.74) is 0.719. The molecular weight excluding hydrogens is 345 g/mol. The van der Waals surface area contributed by atoms with Crippen molar-refractivity contribution >= 4 is 17.3 Å². The highest BCUT2D eigenvalue weighted by Crippen LogP contribution is 2.35. The Balaban J connectivity index is 1.75. The maximum atomic E-state index is 13.3. The summed E-state index contributed by atoms with van der Waals surface area (Å²) in [6.45, 7) is 2.43. The number of nitrogens with zero attached hydrogens (tertiary/aromatic N) is 3. The van der Waals surface area contributed by atoms with E-state index in [1.807, 2.05) is 30.3 Å². The highest BCUT2D eigenvalue weighted by molar-refractivity contribution is 5.91. The lowest BCUT2D eigenvalue weighted by molar-refractivity contribution is -0.143. The Morgan fingerprint density at radius 3 is 2.65 bits per heavy atom. The molecule has 138 valence electrons. The summed E-state index contributed by atoms with van der Waals surface area (Å²) in [7, 11) is 0. The molecular formula is C18H19F3N4O. The summed E-state index contributed by atoms with van der Waals surface area (Å²) < 4.78 is 40.6.